The van der Waals surface area contributed by atoms with Crippen molar-refractivity contribution in [3.8, 4) is 6.07 Å². The molecule has 0 spiro atoms. The first kappa shape index (κ1) is 24.1. The lowest BCUT2D eigenvalue weighted by atomic mass is 9.99. The second kappa shape index (κ2) is 10.1. The van der Waals surface area contributed by atoms with Crippen molar-refractivity contribution >= 4 is 28.3 Å². The highest BCUT2D eigenvalue weighted by Gasteiger charge is 2.22. The van der Waals surface area contributed by atoms with Crippen LogP contribution in [0, 0.1) is 24.1 Å². The van der Waals surface area contributed by atoms with E-state index < -0.39 is 23.8 Å². The zero-order chi connectivity index (χ0) is 25.1. The molecule has 0 bridgehead atoms. The molecule has 180 valence electrons. The van der Waals surface area contributed by atoms with E-state index in [2.05, 4.69) is 20.3 Å². The summed E-state index contributed by atoms with van der Waals surface area (Å²) >= 11 is 0. The number of anilines is 1. The number of benzene rings is 1. The van der Waals surface area contributed by atoms with Crippen molar-refractivity contribution < 1.29 is 18.0 Å². The van der Waals surface area contributed by atoms with Crippen molar-refractivity contribution in [2.24, 2.45) is 0 Å². The molecule has 1 amide bonds. The van der Waals surface area contributed by atoms with Crippen molar-refractivity contribution in [3.05, 3.63) is 64.9 Å². The lowest BCUT2D eigenvalue weighted by molar-refractivity contribution is -0.129. The average molecular weight is 480 g/mol. The summed E-state index contributed by atoms with van der Waals surface area (Å²) in [5, 5.41) is 12.5. The van der Waals surface area contributed by atoms with Gasteiger partial charge in [-0.25, -0.2) is 28.1 Å². The maximum Gasteiger partial charge on any atom is 0.266 e. The topological polar surface area (TPSA) is 94.8 Å². The quantitative estimate of drug-likeness (QED) is 0.527. The molecular weight excluding hydrogens is 457 g/mol. The summed E-state index contributed by atoms with van der Waals surface area (Å²) in [6.07, 6.45) is 1.17. The summed E-state index contributed by atoms with van der Waals surface area (Å²) in [7, 11) is 0. The van der Waals surface area contributed by atoms with Gasteiger partial charge in [-0.3, -0.25) is 4.79 Å². The lowest BCUT2D eigenvalue weighted by Crippen LogP contribution is -2.34. The number of nitriles is 1. The van der Waals surface area contributed by atoms with Crippen LogP contribution in [-0.4, -0.2) is 38.8 Å². The number of carbonyl (C=O) groups is 1. The van der Waals surface area contributed by atoms with Crippen molar-refractivity contribution in [2.75, 3.05) is 18.4 Å². The largest absolute Gasteiger partial charge is 0.363 e. The number of aromatic nitrogens is 3. The zero-order valence-corrected chi connectivity index (χ0v) is 19.2. The first-order valence-corrected chi connectivity index (χ1v) is 11.1. The lowest BCUT2D eigenvalue weighted by Gasteiger charge is -2.26. The Morgan fingerprint density at radius 2 is 2.06 bits per heavy atom. The first-order valence-electron chi connectivity index (χ1n) is 11.1. The number of nitrogens with zero attached hydrogens (tertiary/aromatic N) is 5. The van der Waals surface area contributed by atoms with Gasteiger partial charge < -0.3 is 10.2 Å². The molecule has 1 atom stereocenters. The fourth-order valence-electron chi connectivity index (χ4n) is 4.10. The zero-order valence-electron chi connectivity index (χ0n) is 19.2. The van der Waals surface area contributed by atoms with E-state index in [1.165, 1.54) is 12.1 Å². The molecule has 0 saturated carbocycles. The van der Waals surface area contributed by atoms with Crippen LogP contribution in [0.25, 0.3) is 16.6 Å². The van der Waals surface area contributed by atoms with Gasteiger partial charge in [-0.2, -0.15) is 5.26 Å². The highest BCUT2D eigenvalue weighted by atomic mass is 19.3. The van der Waals surface area contributed by atoms with Gasteiger partial charge in [0.15, 0.2) is 5.65 Å². The fraction of sp³-hybridized carbons (Fsp3) is 0.320. The third-order valence-corrected chi connectivity index (χ3v) is 5.94. The predicted molar refractivity (Wildman–Crippen MR) is 125 cm³/mol. The van der Waals surface area contributed by atoms with E-state index in [9.17, 15) is 18.0 Å². The minimum atomic E-state index is -2.91. The van der Waals surface area contributed by atoms with E-state index in [1.54, 1.807) is 24.9 Å². The number of aryl methyl sites for hydroxylation is 1. The van der Waals surface area contributed by atoms with E-state index in [0.717, 1.165) is 17.2 Å². The summed E-state index contributed by atoms with van der Waals surface area (Å²) in [6, 6.07) is 7.04. The van der Waals surface area contributed by atoms with Crippen molar-refractivity contribution in [2.45, 2.75) is 39.2 Å². The predicted octanol–water partition coefficient (Wildman–Crippen LogP) is 5.11. The normalized spacial score (nSPS) is 14.5. The number of alkyl halides is 2. The van der Waals surface area contributed by atoms with Crippen LogP contribution >= 0.6 is 0 Å². The fourth-order valence-corrected chi connectivity index (χ4v) is 4.10. The second-order valence-corrected chi connectivity index (χ2v) is 8.29. The molecule has 1 aliphatic heterocycles. The second-order valence-electron chi connectivity index (χ2n) is 8.29. The molecule has 1 aliphatic rings. The molecular formula is C25H23F3N6O. The van der Waals surface area contributed by atoms with Crippen molar-refractivity contribution in [1.82, 2.24) is 19.9 Å². The van der Waals surface area contributed by atoms with Crippen LogP contribution in [0.5, 0.6) is 0 Å². The molecule has 4 rings (SSSR count). The van der Waals surface area contributed by atoms with Crippen LogP contribution < -0.4 is 5.32 Å². The number of hydrogen-bond acceptors (Lipinski definition) is 6. The number of rotatable bonds is 6. The number of carbonyl (C=O) groups excluding carboxylic acids is 1. The molecule has 3 aromatic rings. The Balaban J connectivity index is 1.65. The molecule has 35 heavy (non-hydrogen) atoms. The number of halogens is 3. The molecule has 10 heteroatoms. The van der Waals surface area contributed by atoms with Crippen LogP contribution in [0.15, 0.2) is 36.5 Å². The highest BCUT2D eigenvalue weighted by Crippen LogP contribution is 2.31. The smallest absolute Gasteiger partial charge is 0.266 e. The number of fused-ring (bicyclic) bond motifs is 1. The Bertz CT molecular complexity index is 1350. The Hall–Kier alpha value is -4.00. The van der Waals surface area contributed by atoms with E-state index >= 15 is 0 Å². The Kier molecular flexibility index (Phi) is 6.96. The van der Waals surface area contributed by atoms with Gasteiger partial charge in [-0.15, -0.1) is 0 Å². The maximum absolute atomic E-state index is 14.7. The number of hydrogen-bond donors (Lipinski definition) is 1. The van der Waals surface area contributed by atoms with Crippen molar-refractivity contribution in [3.63, 3.8) is 0 Å². The van der Waals surface area contributed by atoms with Crippen LogP contribution in [0.3, 0.4) is 0 Å². The molecule has 2 aromatic heterocycles. The third-order valence-electron chi connectivity index (χ3n) is 5.94. The van der Waals surface area contributed by atoms with Gasteiger partial charge in [0.2, 0.25) is 5.91 Å². The molecule has 0 aliphatic carbocycles. The van der Waals surface area contributed by atoms with Crippen LogP contribution in [0.4, 0.5) is 19.0 Å². The monoisotopic (exact) mass is 480 g/mol. The molecule has 0 fully saturated rings. The SMILES string of the molecule is Cc1nc(N[C@H](C)c2cccc(C(F)F)c2F)c2cc(C3=CCN(C(=O)CC#N)CC3)cnc2n1. The van der Waals surface area contributed by atoms with Gasteiger partial charge in [0, 0.05) is 24.8 Å². The number of amides is 1. The maximum atomic E-state index is 14.7. The van der Waals surface area contributed by atoms with Gasteiger partial charge in [0.25, 0.3) is 6.43 Å². The highest BCUT2D eigenvalue weighted by molar-refractivity contribution is 5.89. The van der Waals surface area contributed by atoms with Gasteiger partial charge in [0.05, 0.1) is 23.1 Å². The third kappa shape index (κ3) is 5.09. The number of nitrogens with one attached hydrogen (secondary N) is 1. The minimum Gasteiger partial charge on any atom is -0.363 e. The summed E-state index contributed by atoms with van der Waals surface area (Å²) in [5.74, 6) is -0.276. The van der Waals surface area contributed by atoms with Gasteiger partial charge in [0.1, 0.15) is 23.9 Å². The van der Waals surface area contributed by atoms with E-state index in [1.807, 2.05) is 18.2 Å². The number of pyridine rings is 1. The Morgan fingerprint density at radius 1 is 1.29 bits per heavy atom. The molecule has 0 saturated heterocycles. The van der Waals surface area contributed by atoms with Gasteiger partial charge >= 0.3 is 0 Å². The van der Waals surface area contributed by atoms with Crippen LogP contribution in [-0.2, 0) is 4.79 Å². The molecule has 1 N–H and O–H groups in total. The van der Waals surface area contributed by atoms with Crippen molar-refractivity contribution in [1.29, 1.82) is 5.26 Å². The minimum absolute atomic E-state index is 0.105. The van der Waals surface area contributed by atoms with E-state index in [4.69, 9.17) is 5.26 Å². The van der Waals surface area contributed by atoms with Crippen LogP contribution in [0.2, 0.25) is 0 Å². The van der Waals surface area contributed by atoms with Gasteiger partial charge in [-0.1, -0.05) is 24.3 Å². The first-order chi connectivity index (χ1) is 16.8. The summed E-state index contributed by atoms with van der Waals surface area (Å²) < 4.78 is 41.0. The van der Waals surface area contributed by atoms with Crippen LogP contribution in [0.1, 0.15) is 54.7 Å². The Labute approximate surface area is 200 Å². The molecule has 3 heterocycles. The van der Waals surface area contributed by atoms with Gasteiger partial charge in [-0.05, 0) is 37.5 Å². The van der Waals surface area contributed by atoms with E-state index in [-0.39, 0.29) is 17.9 Å². The molecule has 0 unspecified atom stereocenters. The van der Waals surface area contributed by atoms with E-state index in [0.29, 0.717) is 42.2 Å². The molecule has 0 radical (unpaired) electrons. The summed E-state index contributed by atoms with van der Waals surface area (Å²) in [6.45, 7) is 4.28. The Morgan fingerprint density at radius 3 is 2.74 bits per heavy atom. The standard InChI is InChI=1S/C25H23F3N6O/c1-14(18-4-3-5-19(22(18)26)23(27)28)31-25-20-12-17(13-30-24(20)32-15(2)33-25)16-7-10-34(11-8-16)21(35)6-9-29/h3-5,7,12-14,23H,6,8,10-11H2,1-2H3,(H,30,31,32,33)/t14-/m1/s1. The molecule has 7 nitrogen and oxygen atoms in total. The molecule has 1 aromatic carbocycles. The average Bonchev–Trinajstić information content (AvgIpc) is 2.84. The summed E-state index contributed by atoms with van der Waals surface area (Å²) in [5.41, 5.74) is 1.73. The summed E-state index contributed by atoms with van der Waals surface area (Å²) in [4.78, 5) is 26.9.